The Morgan fingerprint density at radius 1 is 1.29 bits per heavy atom. The van der Waals surface area contributed by atoms with Gasteiger partial charge in [-0.3, -0.25) is 4.79 Å². The predicted octanol–water partition coefficient (Wildman–Crippen LogP) is 4.64. The summed E-state index contributed by atoms with van der Waals surface area (Å²) in [5.74, 6) is 0.722. The number of amides is 1. The summed E-state index contributed by atoms with van der Waals surface area (Å²) in [4.78, 5) is 14.5. The van der Waals surface area contributed by atoms with Crippen LogP contribution in [-0.4, -0.2) is 26.1 Å². The first kappa shape index (κ1) is 21.7. The topological polar surface area (TPSA) is 65.4 Å². The van der Waals surface area contributed by atoms with Gasteiger partial charge in [0.25, 0.3) is 0 Å². The summed E-state index contributed by atoms with van der Waals surface area (Å²) in [5.41, 5.74) is 2.75. The van der Waals surface area contributed by atoms with E-state index in [0.29, 0.717) is 11.6 Å². The molecule has 0 fully saturated rings. The summed E-state index contributed by atoms with van der Waals surface area (Å²) in [7, 11) is 1.64. The van der Waals surface area contributed by atoms with Gasteiger partial charge in [0.2, 0.25) is 5.91 Å². The molecule has 1 atom stereocenters. The first-order valence-corrected chi connectivity index (χ1v) is 9.68. The van der Waals surface area contributed by atoms with Crippen LogP contribution in [0.1, 0.15) is 36.9 Å². The van der Waals surface area contributed by atoms with Crippen molar-refractivity contribution in [3.63, 3.8) is 0 Å². The van der Waals surface area contributed by atoms with Crippen LogP contribution in [0.15, 0.2) is 42.5 Å². The summed E-state index contributed by atoms with van der Waals surface area (Å²) in [6.07, 6.45) is 1.11. The van der Waals surface area contributed by atoms with E-state index in [-0.39, 0.29) is 24.9 Å². The molecule has 0 radical (unpaired) electrons. The predicted molar refractivity (Wildman–Crippen MR) is 113 cm³/mol. The Balaban J connectivity index is 2.10. The molecule has 0 heterocycles. The SMILES string of the molecule is CCC(NCC(=O)N(CCC#N)c1ccc(Cl)c(C)c1)c1ccc(OC)cc1. The van der Waals surface area contributed by atoms with Crippen molar-refractivity contribution in [1.29, 1.82) is 5.26 Å². The lowest BCUT2D eigenvalue weighted by Gasteiger charge is -2.24. The van der Waals surface area contributed by atoms with E-state index in [1.54, 1.807) is 18.1 Å². The number of nitrogens with one attached hydrogen (secondary N) is 1. The van der Waals surface area contributed by atoms with Crippen molar-refractivity contribution in [3.05, 3.63) is 58.6 Å². The number of nitriles is 1. The number of carbonyl (C=O) groups excluding carboxylic acids is 1. The lowest BCUT2D eigenvalue weighted by atomic mass is 10.0. The second kappa shape index (κ2) is 10.7. The van der Waals surface area contributed by atoms with Gasteiger partial charge in [-0.1, -0.05) is 30.7 Å². The van der Waals surface area contributed by atoms with Crippen molar-refractivity contribution >= 4 is 23.2 Å². The minimum atomic E-state index is -0.0797. The Morgan fingerprint density at radius 3 is 2.57 bits per heavy atom. The maximum Gasteiger partial charge on any atom is 0.240 e. The van der Waals surface area contributed by atoms with Gasteiger partial charge in [0, 0.05) is 23.3 Å². The molecule has 1 N–H and O–H groups in total. The van der Waals surface area contributed by atoms with Crippen LogP contribution in [0.3, 0.4) is 0 Å². The molecule has 0 aliphatic carbocycles. The number of nitrogens with zero attached hydrogens (tertiary/aromatic N) is 2. The molecular formula is C22H26ClN3O2. The molecule has 0 spiro atoms. The molecule has 28 heavy (non-hydrogen) atoms. The second-order valence-corrected chi connectivity index (χ2v) is 6.91. The van der Waals surface area contributed by atoms with Crippen LogP contribution in [0, 0.1) is 18.3 Å². The van der Waals surface area contributed by atoms with Crippen LogP contribution in [-0.2, 0) is 4.79 Å². The first-order chi connectivity index (χ1) is 13.5. The number of hydrogen-bond acceptors (Lipinski definition) is 4. The summed E-state index contributed by atoms with van der Waals surface area (Å²) < 4.78 is 5.20. The Bertz CT molecular complexity index is 831. The highest BCUT2D eigenvalue weighted by Crippen LogP contribution is 2.24. The summed E-state index contributed by atoms with van der Waals surface area (Å²) >= 11 is 6.10. The van der Waals surface area contributed by atoms with E-state index in [1.807, 2.05) is 43.3 Å². The smallest absolute Gasteiger partial charge is 0.240 e. The molecule has 6 heteroatoms. The highest BCUT2D eigenvalue weighted by Gasteiger charge is 2.18. The van der Waals surface area contributed by atoms with Gasteiger partial charge in [0.05, 0.1) is 26.1 Å². The highest BCUT2D eigenvalue weighted by molar-refractivity contribution is 6.31. The highest BCUT2D eigenvalue weighted by atomic mass is 35.5. The van der Waals surface area contributed by atoms with E-state index in [4.69, 9.17) is 21.6 Å². The van der Waals surface area contributed by atoms with Crippen molar-refractivity contribution < 1.29 is 9.53 Å². The Morgan fingerprint density at radius 2 is 2.00 bits per heavy atom. The lowest BCUT2D eigenvalue weighted by molar-refractivity contribution is -0.117. The van der Waals surface area contributed by atoms with Gasteiger partial charge < -0.3 is 15.0 Å². The summed E-state index contributed by atoms with van der Waals surface area (Å²) in [6, 6.07) is 15.5. The molecule has 2 aromatic carbocycles. The van der Waals surface area contributed by atoms with Gasteiger partial charge in [-0.15, -0.1) is 0 Å². The van der Waals surface area contributed by atoms with E-state index < -0.39 is 0 Å². The van der Waals surface area contributed by atoms with Crippen molar-refractivity contribution in [3.8, 4) is 11.8 Å². The van der Waals surface area contributed by atoms with Gasteiger partial charge in [-0.05, 0) is 54.8 Å². The molecule has 148 valence electrons. The monoisotopic (exact) mass is 399 g/mol. The number of halogens is 1. The van der Waals surface area contributed by atoms with Crippen molar-refractivity contribution in [1.82, 2.24) is 5.32 Å². The van der Waals surface area contributed by atoms with Gasteiger partial charge in [-0.25, -0.2) is 0 Å². The van der Waals surface area contributed by atoms with E-state index >= 15 is 0 Å². The van der Waals surface area contributed by atoms with Crippen molar-refractivity contribution in [2.75, 3.05) is 25.1 Å². The maximum atomic E-state index is 12.9. The Labute approximate surface area is 171 Å². The molecule has 0 aliphatic heterocycles. The van der Waals surface area contributed by atoms with E-state index in [2.05, 4.69) is 18.3 Å². The molecule has 0 aromatic heterocycles. The number of ether oxygens (including phenoxy) is 1. The molecule has 2 rings (SSSR count). The minimum Gasteiger partial charge on any atom is -0.497 e. The van der Waals surface area contributed by atoms with Crippen LogP contribution >= 0.6 is 11.6 Å². The lowest BCUT2D eigenvalue weighted by Crippen LogP contribution is -2.40. The number of aryl methyl sites for hydroxylation is 1. The average molecular weight is 400 g/mol. The molecular weight excluding hydrogens is 374 g/mol. The zero-order chi connectivity index (χ0) is 20.5. The van der Waals surface area contributed by atoms with Crippen molar-refractivity contribution in [2.24, 2.45) is 0 Å². The number of rotatable bonds is 9. The summed E-state index contributed by atoms with van der Waals surface area (Å²) in [5, 5.41) is 12.9. The fourth-order valence-corrected chi connectivity index (χ4v) is 3.11. The third kappa shape index (κ3) is 5.72. The van der Waals surface area contributed by atoms with Crippen LogP contribution in [0.4, 0.5) is 5.69 Å². The molecule has 0 saturated carbocycles. The third-order valence-corrected chi connectivity index (χ3v) is 5.05. The molecule has 5 nitrogen and oxygen atoms in total. The standard InChI is InChI=1S/C22H26ClN3O2/c1-4-21(17-6-9-19(28-3)10-7-17)25-15-22(27)26(13-5-12-24)18-8-11-20(23)16(2)14-18/h6-11,14,21,25H,4-5,13,15H2,1-3H3. The molecule has 0 saturated heterocycles. The van der Waals surface area contributed by atoms with Gasteiger partial charge >= 0.3 is 0 Å². The third-order valence-electron chi connectivity index (χ3n) is 4.63. The maximum absolute atomic E-state index is 12.9. The molecule has 2 aromatic rings. The van der Waals surface area contributed by atoms with Crippen LogP contribution in [0.5, 0.6) is 5.75 Å². The Hall–Kier alpha value is -2.55. The van der Waals surface area contributed by atoms with Crippen molar-refractivity contribution in [2.45, 2.75) is 32.7 Å². The number of hydrogen-bond donors (Lipinski definition) is 1. The van der Waals surface area contributed by atoms with Crippen LogP contribution in [0.25, 0.3) is 0 Å². The zero-order valence-electron chi connectivity index (χ0n) is 16.5. The zero-order valence-corrected chi connectivity index (χ0v) is 17.3. The summed E-state index contributed by atoms with van der Waals surface area (Å²) in [6.45, 7) is 4.49. The average Bonchev–Trinajstić information content (AvgIpc) is 2.71. The molecule has 0 bridgehead atoms. The first-order valence-electron chi connectivity index (χ1n) is 9.31. The Kier molecular flexibility index (Phi) is 8.31. The molecule has 1 amide bonds. The van der Waals surface area contributed by atoms with Crippen LogP contribution in [0.2, 0.25) is 5.02 Å². The largest absolute Gasteiger partial charge is 0.497 e. The molecule has 1 unspecified atom stereocenters. The van der Waals surface area contributed by atoms with Gasteiger partial charge in [-0.2, -0.15) is 5.26 Å². The minimum absolute atomic E-state index is 0.0552. The fourth-order valence-electron chi connectivity index (χ4n) is 3.00. The number of benzene rings is 2. The fraction of sp³-hybridized carbons (Fsp3) is 0.364. The van der Waals surface area contributed by atoms with Gasteiger partial charge in [0.15, 0.2) is 0 Å². The molecule has 0 aliphatic rings. The second-order valence-electron chi connectivity index (χ2n) is 6.50. The normalized spacial score (nSPS) is 11.5. The van der Waals surface area contributed by atoms with E-state index in [0.717, 1.165) is 29.0 Å². The van der Waals surface area contributed by atoms with Crippen LogP contribution < -0.4 is 15.0 Å². The number of carbonyl (C=O) groups is 1. The van der Waals surface area contributed by atoms with Gasteiger partial charge in [0.1, 0.15) is 5.75 Å². The van der Waals surface area contributed by atoms with E-state index in [1.165, 1.54) is 0 Å². The number of methoxy groups -OCH3 is 1. The van der Waals surface area contributed by atoms with E-state index in [9.17, 15) is 4.79 Å². The number of anilines is 1. The quantitative estimate of drug-likeness (QED) is 0.666.